The van der Waals surface area contributed by atoms with Gasteiger partial charge in [0, 0.05) is 31.1 Å². The molecular weight excluding hydrogens is 314 g/mol. The third-order valence-corrected chi connectivity index (χ3v) is 7.02. The third kappa shape index (κ3) is 5.16. The maximum atomic E-state index is 12.4. The molecule has 23 heavy (non-hydrogen) atoms. The van der Waals surface area contributed by atoms with Gasteiger partial charge in [-0.25, -0.2) is 12.7 Å². The largest absolute Gasteiger partial charge is 0.352 e. The number of rotatable bonds is 6. The summed E-state index contributed by atoms with van der Waals surface area (Å²) in [4.78, 5) is 12.4. The van der Waals surface area contributed by atoms with Crippen LogP contribution >= 0.6 is 0 Å². The van der Waals surface area contributed by atoms with Crippen LogP contribution < -0.4 is 10.6 Å². The average molecular weight is 346 g/mol. The van der Waals surface area contributed by atoms with Gasteiger partial charge < -0.3 is 10.6 Å². The number of carbonyl (C=O) groups excluding carboxylic acids is 1. The lowest BCUT2D eigenvalue weighted by Crippen LogP contribution is -2.54. The molecule has 2 aliphatic rings. The minimum atomic E-state index is -3.14. The van der Waals surface area contributed by atoms with Crippen molar-refractivity contribution >= 4 is 15.9 Å². The summed E-state index contributed by atoms with van der Waals surface area (Å²) in [5.41, 5.74) is 0. The van der Waals surface area contributed by atoms with E-state index in [9.17, 15) is 13.2 Å². The van der Waals surface area contributed by atoms with E-state index in [0.29, 0.717) is 38.4 Å². The molecule has 0 spiro atoms. The van der Waals surface area contributed by atoms with E-state index in [1.807, 2.05) is 6.92 Å². The van der Waals surface area contributed by atoms with Crippen molar-refractivity contribution in [3.05, 3.63) is 0 Å². The summed E-state index contributed by atoms with van der Waals surface area (Å²) in [6, 6.07) is 0.504. The van der Waals surface area contributed by atoms with E-state index in [1.54, 1.807) is 4.31 Å². The Morgan fingerprint density at radius 1 is 1.26 bits per heavy atom. The predicted octanol–water partition coefficient (Wildman–Crippen LogP) is 1.09. The highest BCUT2D eigenvalue weighted by Crippen LogP contribution is 2.21. The molecule has 2 aliphatic heterocycles. The van der Waals surface area contributed by atoms with Crippen molar-refractivity contribution < 1.29 is 13.2 Å². The van der Waals surface area contributed by atoms with Crippen molar-refractivity contribution in [3.63, 3.8) is 0 Å². The second-order valence-electron chi connectivity index (χ2n) is 6.84. The van der Waals surface area contributed by atoms with E-state index in [0.717, 1.165) is 25.8 Å². The highest BCUT2D eigenvalue weighted by Gasteiger charge is 2.32. The van der Waals surface area contributed by atoms with Crippen molar-refractivity contribution in [1.82, 2.24) is 14.9 Å². The van der Waals surface area contributed by atoms with E-state index in [1.165, 1.54) is 0 Å². The molecule has 2 unspecified atom stereocenters. The van der Waals surface area contributed by atoms with Gasteiger partial charge in [0.1, 0.15) is 0 Å². The molecule has 6 nitrogen and oxygen atoms in total. The van der Waals surface area contributed by atoms with Crippen LogP contribution in [0.4, 0.5) is 0 Å². The molecule has 0 aromatic heterocycles. The Hall–Kier alpha value is -0.660. The van der Waals surface area contributed by atoms with Crippen LogP contribution in [-0.2, 0) is 14.8 Å². The molecule has 7 heteroatoms. The molecule has 2 saturated heterocycles. The van der Waals surface area contributed by atoms with Crippen LogP contribution in [0.25, 0.3) is 0 Å². The zero-order valence-electron chi connectivity index (χ0n) is 14.4. The second kappa shape index (κ2) is 8.44. The van der Waals surface area contributed by atoms with Crippen molar-refractivity contribution in [2.75, 3.05) is 25.4 Å². The fraction of sp³-hybridized carbons (Fsp3) is 0.938. The number of sulfonamides is 1. The van der Waals surface area contributed by atoms with Gasteiger partial charge in [0.2, 0.25) is 15.9 Å². The van der Waals surface area contributed by atoms with Crippen molar-refractivity contribution in [2.45, 2.75) is 64.5 Å². The molecule has 0 aliphatic carbocycles. The number of carbonyl (C=O) groups is 1. The van der Waals surface area contributed by atoms with Gasteiger partial charge in [-0.3, -0.25) is 4.79 Å². The first-order valence-corrected chi connectivity index (χ1v) is 10.6. The number of nitrogens with one attached hydrogen (secondary N) is 2. The maximum Gasteiger partial charge on any atom is 0.223 e. The molecule has 2 atom stereocenters. The molecule has 2 heterocycles. The molecular formula is C16H31N3O3S. The lowest BCUT2D eigenvalue weighted by molar-refractivity contribution is -0.127. The van der Waals surface area contributed by atoms with E-state index in [-0.39, 0.29) is 23.6 Å². The summed E-state index contributed by atoms with van der Waals surface area (Å²) in [7, 11) is -3.14. The molecule has 134 valence electrons. The molecule has 2 fully saturated rings. The Morgan fingerprint density at radius 2 is 1.96 bits per heavy atom. The molecule has 0 aromatic rings. The van der Waals surface area contributed by atoms with E-state index >= 15 is 0 Å². The first-order valence-electron chi connectivity index (χ1n) is 8.95. The van der Waals surface area contributed by atoms with Crippen LogP contribution in [0, 0.1) is 5.92 Å². The summed E-state index contributed by atoms with van der Waals surface area (Å²) in [6.45, 7) is 6.06. The number of amides is 1. The summed E-state index contributed by atoms with van der Waals surface area (Å²) in [5, 5.41) is 6.54. The number of unbranched alkanes of at least 4 members (excludes halogenated alkanes) is 1. The van der Waals surface area contributed by atoms with Gasteiger partial charge in [-0.1, -0.05) is 13.3 Å². The van der Waals surface area contributed by atoms with Crippen LogP contribution in [0.3, 0.4) is 0 Å². The van der Waals surface area contributed by atoms with Gasteiger partial charge in [-0.2, -0.15) is 0 Å². The number of hydrogen-bond donors (Lipinski definition) is 2. The van der Waals surface area contributed by atoms with Crippen LogP contribution in [0.5, 0.6) is 0 Å². The van der Waals surface area contributed by atoms with Crippen LogP contribution in [0.15, 0.2) is 0 Å². The second-order valence-corrected chi connectivity index (χ2v) is 8.93. The van der Waals surface area contributed by atoms with Gasteiger partial charge in [0.25, 0.3) is 0 Å². The van der Waals surface area contributed by atoms with Gasteiger partial charge >= 0.3 is 0 Å². The van der Waals surface area contributed by atoms with E-state index < -0.39 is 10.0 Å². The zero-order valence-corrected chi connectivity index (χ0v) is 15.2. The molecule has 0 aromatic carbocycles. The maximum absolute atomic E-state index is 12.4. The van der Waals surface area contributed by atoms with Gasteiger partial charge in [0.15, 0.2) is 0 Å². The summed E-state index contributed by atoms with van der Waals surface area (Å²) < 4.78 is 26.0. The standard InChI is InChI=1S/C16H31N3O3S/c1-3-4-12-23(21,22)19-10-7-14(8-11-19)16(20)18-15-6-5-9-17-13(15)2/h13-15,17H,3-12H2,1-2H3,(H,18,20). The molecule has 0 radical (unpaired) electrons. The molecule has 0 saturated carbocycles. The Balaban J connectivity index is 1.80. The molecule has 0 bridgehead atoms. The Labute approximate surface area is 140 Å². The number of hydrogen-bond acceptors (Lipinski definition) is 4. The monoisotopic (exact) mass is 345 g/mol. The minimum Gasteiger partial charge on any atom is -0.352 e. The van der Waals surface area contributed by atoms with Gasteiger partial charge in [-0.15, -0.1) is 0 Å². The predicted molar refractivity (Wildman–Crippen MR) is 91.6 cm³/mol. The zero-order chi connectivity index (χ0) is 16.9. The Kier molecular flexibility index (Phi) is 6.85. The van der Waals surface area contributed by atoms with Crippen molar-refractivity contribution in [1.29, 1.82) is 0 Å². The average Bonchev–Trinajstić information content (AvgIpc) is 2.55. The minimum absolute atomic E-state index is 0.0539. The summed E-state index contributed by atoms with van der Waals surface area (Å²) in [5.74, 6) is 0.268. The van der Waals surface area contributed by atoms with Gasteiger partial charge in [0.05, 0.1) is 5.75 Å². The molecule has 2 N–H and O–H groups in total. The van der Waals surface area contributed by atoms with Crippen LogP contribution in [0.1, 0.15) is 52.4 Å². The molecule has 1 amide bonds. The fourth-order valence-corrected chi connectivity index (χ4v) is 5.07. The van der Waals surface area contributed by atoms with E-state index in [2.05, 4.69) is 17.6 Å². The third-order valence-electron chi connectivity index (χ3n) is 5.06. The Bertz CT molecular complexity index is 487. The van der Waals surface area contributed by atoms with E-state index in [4.69, 9.17) is 0 Å². The first-order chi connectivity index (χ1) is 10.9. The fourth-order valence-electron chi connectivity index (χ4n) is 3.39. The highest BCUT2D eigenvalue weighted by molar-refractivity contribution is 7.89. The van der Waals surface area contributed by atoms with Crippen LogP contribution in [-0.4, -0.2) is 56.1 Å². The van der Waals surface area contributed by atoms with Crippen molar-refractivity contribution in [2.24, 2.45) is 5.92 Å². The summed E-state index contributed by atoms with van der Waals surface area (Å²) in [6.07, 6.45) is 4.95. The summed E-state index contributed by atoms with van der Waals surface area (Å²) >= 11 is 0. The highest BCUT2D eigenvalue weighted by atomic mass is 32.2. The smallest absolute Gasteiger partial charge is 0.223 e. The SMILES string of the molecule is CCCCS(=O)(=O)N1CCC(C(=O)NC2CCCNC2C)CC1. The quantitative estimate of drug-likeness (QED) is 0.755. The lowest BCUT2D eigenvalue weighted by Gasteiger charge is -2.34. The topological polar surface area (TPSA) is 78.5 Å². The molecule has 2 rings (SSSR count). The van der Waals surface area contributed by atoms with Crippen molar-refractivity contribution in [3.8, 4) is 0 Å². The van der Waals surface area contributed by atoms with Gasteiger partial charge in [-0.05, 0) is 45.6 Å². The number of nitrogens with zero attached hydrogens (tertiary/aromatic N) is 1. The first kappa shape index (κ1) is 18.7. The number of piperidine rings is 2. The Morgan fingerprint density at radius 3 is 2.57 bits per heavy atom. The lowest BCUT2D eigenvalue weighted by atomic mass is 9.94. The normalized spacial score (nSPS) is 27.7. The van der Waals surface area contributed by atoms with Crippen LogP contribution in [0.2, 0.25) is 0 Å².